The first kappa shape index (κ1) is 17.5. The Labute approximate surface area is 135 Å². The standard InChI is InChI=1S/C16H25N3O4/c1-18-13(11-14(20)19(2)16(18)22)15(21)17-9-6-10-23-12-7-4-3-5-8-12/h11-12H,3-10H2,1-2H3,(H,17,21). The molecule has 1 saturated carbocycles. The quantitative estimate of drug-likeness (QED) is 0.775. The normalized spacial score (nSPS) is 15.6. The van der Waals surface area contributed by atoms with Crippen molar-refractivity contribution in [2.24, 2.45) is 14.1 Å². The van der Waals surface area contributed by atoms with Crippen LogP contribution in [0.15, 0.2) is 15.7 Å². The Balaban J connectivity index is 1.79. The molecule has 7 heteroatoms. The van der Waals surface area contributed by atoms with Gasteiger partial charge in [-0.25, -0.2) is 4.79 Å². The molecule has 2 rings (SSSR count). The highest BCUT2D eigenvalue weighted by Crippen LogP contribution is 2.20. The summed E-state index contributed by atoms with van der Waals surface area (Å²) >= 11 is 0. The molecule has 0 spiro atoms. The average Bonchev–Trinajstić information content (AvgIpc) is 2.56. The van der Waals surface area contributed by atoms with Crippen LogP contribution in [0.5, 0.6) is 0 Å². The number of ether oxygens (including phenoxy) is 1. The largest absolute Gasteiger partial charge is 0.378 e. The van der Waals surface area contributed by atoms with Gasteiger partial charge in [0.05, 0.1) is 6.10 Å². The number of carbonyl (C=O) groups is 1. The Bertz CT molecular complexity index is 656. The number of carbonyl (C=O) groups excluding carboxylic acids is 1. The lowest BCUT2D eigenvalue weighted by molar-refractivity contribution is 0.0273. The van der Waals surface area contributed by atoms with Gasteiger partial charge >= 0.3 is 5.69 Å². The number of nitrogens with zero attached hydrogens (tertiary/aromatic N) is 2. The minimum absolute atomic E-state index is 0.0753. The van der Waals surface area contributed by atoms with Crippen LogP contribution in [0.2, 0.25) is 0 Å². The minimum atomic E-state index is -0.511. The number of hydrogen-bond donors (Lipinski definition) is 1. The maximum absolute atomic E-state index is 12.1. The van der Waals surface area contributed by atoms with Crippen molar-refractivity contribution in [3.63, 3.8) is 0 Å². The molecule has 1 heterocycles. The van der Waals surface area contributed by atoms with Crippen molar-refractivity contribution in [3.05, 3.63) is 32.6 Å². The molecule has 1 aliphatic rings. The van der Waals surface area contributed by atoms with E-state index >= 15 is 0 Å². The maximum atomic E-state index is 12.1. The van der Waals surface area contributed by atoms with Gasteiger partial charge < -0.3 is 10.1 Å². The van der Waals surface area contributed by atoms with Crippen LogP contribution < -0.4 is 16.6 Å². The van der Waals surface area contributed by atoms with Crippen molar-refractivity contribution < 1.29 is 9.53 Å². The van der Waals surface area contributed by atoms with Crippen molar-refractivity contribution in [1.29, 1.82) is 0 Å². The van der Waals surface area contributed by atoms with E-state index in [1.54, 1.807) is 0 Å². The van der Waals surface area contributed by atoms with E-state index < -0.39 is 17.2 Å². The molecule has 1 fully saturated rings. The third-order valence-electron chi connectivity index (χ3n) is 4.27. The predicted octanol–water partition coefficient (Wildman–Crippen LogP) is 0.553. The second-order valence-electron chi connectivity index (χ2n) is 6.01. The molecule has 128 valence electrons. The third kappa shape index (κ3) is 4.54. The van der Waals surface area contributed by atoms with E-state index in [2.05, 4.69) is 5.32 Å². The SMILES string of the molecule is Cn1c(C(=O)NCCCOC2CCCCC2)cc(=O)n(C)c1=O. The summed E-state index contributed by atoms with van der Waals surface area (Å²) in [6, 6.07) is 1.18. The van der Waals surface area contributed by atoms with Gasteiger partial charge in [-0.05, 0) is 19.3 Å². The molecule has 0 saturated heterocycles. The maximum Gasteiger partial charge on any atom is 0.331 e. The number of aromatic nitrogens is 2. The first-order chi connectivity index (χ1) is 11.0. The highest BCUT2D eigenvalue weighted by atomic mass is 16.5. The fraction of sp³-hybridized carbons (Fsp3) is 0.688. The number of amides is 1. The lowest BCUT2D eigenvalue weighted by atomic mass is 9.98. The molecule has 1 aromatic heterocycles. The highest BCUT2D eigenvalue weighted by Gasteiger charge is 2.14. The number of hydrogen-bond acceptors (Lipinski definition) is 4. The predicted molar refractivity (Wildman–Crippen MR) is 86.7 cm³/mol. The summed E-state index contributed by atoms with van der Waals surface area (Å²) in [5, 5.41) is 2.72. The zero-order chi connectivity index (χ0) is 16.8. The molecule has 7 nitrogen and oxygen atoms in total. The molecule has 1 amide bonds. The molecule has 23 heavy (non-hydrogen) atoms. The van der Waals surface area contributed by atoms with E-state index in [9.17, 15) is 14.4 Å². The summed E-state index contributed by atoms with van der Waals surface area (Å²) in [5.41, 5.74) is -0.923. The van der Waals surface area contributed by atoms with E-state index in [1.807, 2.05) is 0 Å². The number of nitrogens with one attached hydrogen (secondary N) is 1. The Hall–Kier alpha value is -1.89. The van der Waals surface area contributed by atoms with Gasteiger partial charge in [-0.2, -0.15) is 0 Å². The minimum Gasteiger partial charge on any atom is -0.378 e. The van der Waals surface area contributed by atoms with Gasteiger partial charge in [0.25, 0.3) is 11.5 Å². The van der Waals surface area contributed by atoms with Crippen LogP contribution in [0, 0.1) is 0 Å². The van der Waals surface area contributed by atoms with Gasteiger partial charge in [0.2, 0.25) is 0 Å². The highest BCUT2D eigenvalue weighted by molar-refractivity contribution is 5.92. The van der Waals surface area contributed by atoms with Gasteiger partial charge in [-0.3, -0.25) is 18.7 Å². The lowest BCUT2D eigenvalue weighted by Crippen LogP contribution is -2.41. The molecule has 0 atom stereocenters. The molecular weight excluding hydrogens is 298 g/mol. The van der Waals surface area contributed by atoms with Crippen LogP contribution >= 0.6 is 0 Å². The summed E-state index contributed by atoms with van der Waals surface area (Å²) in [5.74, 6) is -0.417. The summed E-state index contributed by atoms with van der Waals surface area (Å²) in [6.45, 7) is 1.06. The fourth-order valence-corrected chi connectivity index (χ4v) is 2.80. The van der Waals surface area contributed by atoms with Gasteiger partial charge in [0, 0.05) is 33.3 Å². The zero-order valence-electron chi connectivity index (χ0n) is 13.8. The Morgan fingerprint density at radius 2 is 1.91 bits per heavy atom. The molecule has 0 bridgehead atoms. The van der Waals surface area contributed by atoms with Crippen LogP contribution in [0.4, 0.5) is 0 Å². The van der Waals surface area contributed by atoms with Crippen LogP contribution in [0.1, 0.15) is 49.0 Å². The van der Waals surface area contributed by atoms with Crippen LogP contribution in [0.3, 0.4) is 0 Å². The Kier molecular flexibility index (Phi) is 6.15. The molecular formula is C16H25N3O4. The van der Waals surface area contributed by atoms with E-state index in [4.69, 9.17) is 4.74 Å². The zero-order valence-corrected chi connectivity index (χ0v) is 13.8. The average molecular weight is 323 g/mol. The van der Waals surface area contributed by atoms with Crippen molar-refractivity contribution in [2.75, 3.05) is 13.2 Å². The van der Waals surface area contributed by atoms with Crippen molar-refractivity contribution in [1.82, 2.24) is 14.5 Å². The second-order valence-corrected chi connectivity index (χ2v) is 6.01. The van der Waals surface area contributed by atoms with E-state index in [1.165, 1.54) is 44.0 Å². The first-order valence-electron chi connectivity index (χ1n) is 8.17. The van der Waals surface area contributed by atoms with E-state index in [-0.39, 0.29) is 5.69 Å². The third-order valence-corrected chi connectivity index (χ3v) is 4.27. The molecule has 1 aromatic rings. The molecule has 0 unspecified atom stereocenters. The summed E-state index contributed by atoms with van der Waals surface area (Å²) in [6.07, 6.45) is 7.09. The van der Waals surface area contributed by atoms with Gasteiger partial charge in [-0.15, -0.1) is 0 Å². The number of rotatable bonds is 6. The molecule has 1 N–H and O–H groups in total. The molecule has 0 aliphatic heterocycles. The Morgan fingerprint density at radius 1 is 1.22 bits per heavy atom. The van der Waals surface area contributed by atoms with Crippen molar-refractivity contribution in [3.8, 4) is 0 Å². The smallest absolute Gasteiger partial charge is 0.331 e. The second kappa shape index (κ2) is 8.10. The fourth-order valence-electron chi connectivity index (χ4n) is 2.80. The van der Waals surface area contributed by atoms with Crippen LogP contribution in [-0.2, 0) is 18.8 Å². The molecule has 0 radical (unpaired) electrons. The van der Waals surface area contributed by atoms with Gasteiger partial charge in [0.15, 0.2) is 0 Å². The van der Waals surface area contributed by atoms with Crippen molar-refractivity contribution in [2.45, 2.75) is 44.6 Å². The lowest BCUT2D eigenvalue weighted by Gasteiger charge is -2.21. The first-order valence-corrected chi connectivity index (χ1v) is 8.17. The summed E-state index contributed by atoms with van der Waals surface area (Å²) in [7, 11) is 2.86. The molecule has 1 aliphatic carbocycles. The van der Waals surface area contributed by atoms with Crippen LogP contribution in [0.25, 0.3) is 0 Å². The van der Waals surface area contributed by atoms with Gasteiger partial charge in [0.1, 0.15) is 5.69 Å². The van der Waals surface area contributed by atoms with E-state index in [0.29, 0.717) is 25.7 Å². The monoisotopic (exact) mass is 323 g/mol. The molecule has 0 aromatic carbocycles. The topological polar surface area (TPSA) is 82.3 Å². The summed E-state index contributed by atoms with van der Waals surface area (Å²) in [4.78, 5) is 35.5. The van der Waals surface area contributed by atoms with Crippen molar-refractivity contribution >= 4 is 5.91 Å². The van der Waals surface area contributed by atoms with E-state index in [0.717, 1.165) is 17.4 Å². The Morgan fingerprint density at radius 3 is 2.61 bits per heavy atom. The van der Waals surface area contributed by atoms with Crippen LogP contribution in [-0.4, -0.2) is 34.3 Å². The van der Waals surface area contributed by atoms with Gasteiger partial charge in [-0.1, -0.05) is 19.3 Å². The summed E-state index contributed by atoms with van der Waals surface area (Å²) < 4.78 is 7.93.